The van der Waals surface area contributed by atoms with Crippen LogP contribution in [0.4, 0.5) is 0 Å². The molecule has 1 saturated heterocycles. The van der Waals surface area contributed by atoms with Gasteiger partial charge >= 0.3 is 0 Å². The van der Waals surface area contributed by atoms with Crippen LogP contribution in [0.15, 0.2) is 0 Å². The van der Waals surface area contributed by atoms with Crippen LogP contribution >= 0.6 is 11.9 Å². The second-order valence-electron chi connectivity index (χ2n) is 3.47. The van der Waals surface area contributed by atoms with Crippen molar-refractivity contribution in [3.63, 3.8) is 0 Å². The van der Waals surface area contributed by atoms with E-state index in [1.165, 1.54) is 19.5 Å². The van der Waals surface area contributed by atoms with E-state index in [1.54, 1.807) is 0 Å². The number of fused-ring (bicyclic) bond motifs is 1. The second kappa shape index (κ2) is 2.13. The maximum absolute atomic E-state index is 5.69. The first-order valence-electron chi connectivity index (χ1n) is 3.80. The fourth-order valence-electron chi connectivity index (χ4n) is 2.00. The minimum Gasteiger partial charge on any atom is -0.330 e. The summed E-state index contributed by atoms with van der Waals surface area (Å²) in [4.78, 5) is 0. The van der Waals surface area contributed by atoms with E-state index in [1.807, 2.05) is 11.9 Å². The highest BCUT2D eigenvalue weighted by atomic mass is 32.2. The Labute approximate surface area is 66.3 Å². The Hall–Kier alpha value is 0.270. The van der Waals surface area contributed by atoms with Gasteiger partial charge in [0, 0.05) is 18.5 Å². The summed E-state index contributed by atoms with van der Waals surface area (Å²) < 4.78 is 2.43. The van der Waals surface area contributed by atoms with Gasteiger partial charge in [-0.1, -0.05) is 11.9 Å². The van der Waals surface area contributed by atoms with Crippen molar-refractivity contribution in [2.24, 2.45) is 17.1 Å². The minimum absolute atomic E-state index is 0.559. The molecule has 2 N–H and O–H groups in total. The lowest BCUT2D eigenvalue weighted by Crippen LogP contribution is -2.23. The maximum atomic E-state index is 5.69. The summed E-state index contributed by atoms with van der Waals surface area (Å²) in [5.41, 5.74) is 6.25. The number of nitrogens with two attached hydrogens (primary N) is 1. The molecule has 2 atom stereocenters. The standard InChI is InChI=1S/C7H14N2S/c1-10-9-3-6-2-7(6,4-8)5-9/h6H,2-5,8H2,1H3. The van der Waals surface area contributed by atoms with Gasteiger partial charge in [0.1, 0.15) is 0 Å². The Kier molecular flexibility index (Phi) is 1.48. The van der Waals surface area contributed by atoms with Gasteiger partial charge < -0.3 is 5.73 Å². The summed E-state index contributed by atoms with van der Waals surface area (Å²) in [6, 6.07) is 0. The highest BCUT2D eigenvalue weighted by molar-refractivity contribution is 7.96. The molecule has 0 aromatic carbocycles. The summed E-state index contributed by atoms with van der Waals surface area (Å²) in [6.45, 7) is 3.41. The van der Waals surface area contributed by atoms with Crippen molar-refractivity contribution in [2.75, 3.05) is 25.9 Å². The Bertz CT molecular complexity index is 147. The molecule has 2 aliphatic rings. The first-order chi connectivity index (χ1) is 4.80. The van der Waals surface area contributed by atoms with Crippen molar-refractivity contribution >= 4 is 11.9 Å². The number of hydrogen-bond acceptors (Lipinski definition) is 3. The van der Waals surface area contributed by atoms with E-state index in [-0.39, 0.29) is 0 Å². The molecule has 3 heteroatoms. The lowest BCUT2D eigenvalue weighted by atomic mass is 10.1. The van der Waals surface area contributed by atoms with E-state index in [2.05, 4.69) is 10.6 Å². The van der Waals surface area contributed by atoms with Gasteiger partial charge in [-0.15, -0.1) is 0 Å². The maximum Gasteiger partial charge on any atom is 0.0161 e. The van der Waals surface area contributed by atoms with Gasteiger partial charge in [0.05, 0.1) is 0 Å². The summed E-state index contributed by atoms with van der Waals surface area (Å²) in [6.07, 6.45) is 3.54. The molecule has 0 radical (unpaired) electrons. The third-order valence-corrected chi connectivity index (χ3v) is 3.73. The van der Waals surface area contributed by atoms with Crippen LogP contribution in [0, 0.1) is 11.3 Å². The van der Waals surface area contributed by atoms with E-state index in [0.29, 0.717) is 5.41 Å². The minimum atomic E-state index is 0.559. The highest BCUT2D eigenvalue weighted by Gasteiger charge is 2.58. The van der Waals surface area contributed by atoms with E-state index in [4.69, 9.17) is 5.73 Å². The fraction of sp³-hybridized carbons (Fsp3) is 1.00. The van der Waals surface area contributed by atoms with E-state index >= 15 is 0 Å². The van der Waals surface area contributed by atoms with Crippen LogP contribution in [0.5, 0.6) is 0 Å². The van der Waals surface area contributed by atoms with Crippen LogP contribution in [-0.4, -0.2) is 30.2 Å². The van der Waals surface area contributed by atoms with Crippen LogP contribution in [0.2, 0.25) is 0 Å². The summed E-state index contributed by atoms with van der Waals surface area (Å²) in [5, 5.41) is 0. The van der Waals surface area contributed by atoms with Crippen molar-refractivity contribution in [2.45, 2.75) is 6.42 Å². The quantitative estimate of drug-likeness (QED) is 0.595. The van der Waals surface area contributed by atoms with Crippen molar-refractivity contribution in [1.82, 2.24) is 4.31 Å². The van der Waals surface area contributed by atoms with E-state index in [0.717, 1.165) is 12.5 Å². The second-order valence-corrected chi connectivity index (χ2v) is 4.35. The number of rotatable bonds is 2. The fourth-order valence-corrected chi connectivity index (χ4v) is 2.71. The number of piperidine rings is 1. The highest BCUT2D eigenvalue weighted by Crippen LogP contribution is 2.57. The van der Waals surface area contributed by atoms with Crippen molar-refractivity contribution < 1.29 is 0 Å². The van der Waals surface area contributed by atoms with Gasteiger partial charge in [0.25, 0.3) is 0 Å². The monoisotopic (exact) mass is 158 g/mol. The van der Waals surface area contributed by atoms with Crippen molar-refractivity contribution in [1.29, 1.82) is 0 Å². The zero-order valence-corrected chi connectivity index (χ0v) is 7.16. The number of nitrogens with zero attached hydrogens (tertiary/aromatic N) is 1. The topological polar surface area (TPSA) is 29.3 Å². The summed E-state index contributed by atoms with van der Waals surface area (Å²) >= 11 is 1.86. The normalized spacial score (nSPS) is 45.6. The molecule has 2 unspecified atom stereocenters. The lowest BCUT2D eigenvalue weighted by molar-refractivity contribution is 0.447. The molecule has 2 fully saturated rings. The molecule has 0 aromatic rings. The Morgan fingerprint density at radius 2 is 2.60 bits per heavy atom. The van der Waals surface area contributed by atoms with Gasteiger partial charge in [0.2, 0.25) is 0 Å². The molecule has 1 saturated carbocycles. The molecule has 0 spiro atoms. The summed E-state index contributed by atoms with van der Waals surface area (Å²) in [5.74, 6) is 0.935. The van der Waals surface area contributed by atoms with Crippen LogP contribution in [0.25, 0.3) is 0 Å². The molecule has 0 amide bonds. The van der Waals surface area contributed by atoms with E-state index < -0.39 is 0 Å². The first-order valence-corrected chi connectivity index (χ1v) is 4.98. The SMILES string of the molecule is CSN1CC2CC2(CN)C1. The smallest absolute Gasteiger partial charge is 0.0161 e. The van der Waals surface area contributed by atoms with Crippen LogP contribution in [0.1, 0.15) is 6.42 Å². The molecule has 58 valence electrons. The molecular weight excluding hydrogens is 144 g/mol. The molecule has 0 aromatic heterocycles. The molecule has 1 aliphatic carbocycles. The molecule has 2 rings (SSSR count). The lowest BCUT2D eigenvalue weighted by Gasteiger charge is -2.15. The van der Waals surface area contributed by atoms with Gasteiger partial charge in [-0.25, -0.2) is 4.31 Å². The van der Waals surface area contributed by atoms with Gasteiger partial charge in [-0.3, -0.25) is 0 Å². The van der Waals surface area contributed by atoms with Crippen LogP contribution in [-0.2, 0) is 0 Å². The third-order valence-electron chi connectivity index (χ3n) is 2.94. The Morgan fingerprint density at radius 3 is 3.00 bits per heavy atom. The average Bonchev–Trinajstić information content (AvgIpc) is 2.55. The van der Waals surface area contributed by atoms with Crippen LogP contribution < -0.4 is 5.73 Å². The van der Waals surface area contributed by atoms with Gasteiger partial charge in [-0.05, 0) is 25.1 Å². The molecule has 1 heterocycles. The largest absolute Gasteiger partial charge is 0.330 e. The van der Waals surface area contributed by atoms with Crippen LogP contribution in [0.3, 0.4) is 0 Å². The molecule has 0 bridgehead atoms. The van der Waals surface area contributed by atoms with Crippen molar-refractivity contribution in [3.05, 3.63) is 0 Å². The predicted molar refractivity (Wildman–Crippen MR) is 44.7 cm³/mol. The Morgan fingerprint density at radius 1 is 1.80 bits per heavy atom. The van der Waals surface area contributed by atoms with E-state index in [9.17, 15) is 0 Å². The molecule has 10 heavy (non-hydrogen) atoms. The number of hydrogen-bond donors (Lipinski definition) is 1. The van der Waals surface area contributed by atoms with Crippen molar-refractivity contribution in [3.8, 4) is 0 Å². The molecule has 1 aliphatic heterocycles. The molecule has 2 nitrogen and oxygen atoms in total. The zero-order chi connectivity index (χ0) is 7.19. The van der Waals surface area contributed by atoms with Gasteiger partial charge in [-0.2, -0.15) is 0 Å². The predicted octanol–water partition coefficient (Wildman–Crippen LogP) is 0.545. The first kappa shape index (κ1) is 6.95. The average molecular weight is 158 g/mol. The molecular formula is C7H14N2S. The Balaban J connectivity index is 1.97. The third kappa shape index (κ3) is 0.807. The summed E-state index contributed by atoms with van der Waals surface area (Å²) in [7, 11) is 0. The zero-order valence-electron chi connectivity index (χ0n) is 6.34. The van der Waals surface area contributed by atoms with Gasteiger partial charge in [0.15, 0.2) is 0 Å².